The number of carbonyl (C=O) groups is 1. The first-order valence-electron chi connectivity index (χ1n) is 6.19. The highest BCUT2D eigenvalue weighted by Crippen LogP contribution is 2.26. The lowest BCUT2D eigenvalue weighted by atomic mass is 10.1. The highest BCUT2D eigenvalue weighted by molar-refractivity contribution is 6.34. The van der Waals surface area contributed by atoms with E-state index in [0.717, 1.165) is 5.56 Å². The minimum Gasteiger partial charge on any atom is -0.378 e. The molecule has 2 aromatic carbocycles. The zero-order valence-electron chi connectivity index (χ0n) is 11.2. The summed E-state index contributed by atoms with van der Waals surface area (Å²) in [5.74, 6) is -1.05. The molecule has 0 aliphatic rings. The van der Waals surface area contributed by atoms with Crippen molar-refractivity contribution in [3.05, 3.63) is 63.4 Å². The van der Waals surface area contributed by atoms with Gasteiger partial charge in [-0.3, -0.25) is 4.79 Å². The van der Waals surface area contributed by atoms with Gasteiger partial charge in [-0.2, -0.15) is 0 Å². The second kappa shape index (κ2) is 6.33. The first-order valence-corrected chi connectivity index (χ1v) is 6.95. The normalized spacial score (nSPS) is 12.0. The van der Waals surface area contributed by atoms with Gasteiger partial charge in [0.05, 0.1) is 15.6 Å². The Balaban J connectivity index is 2.19. The number of halogens is 3. The van der Waals surface area contributed by atoms with Crippen LogP contribution in [0.15, 0.2) is 36.4 Å². The molecule has 0 heterocycles. The van der Waals surface area contributed by atoms with Crippen LogP contribution in [-0.2, 0) is 0 Å². The molecule has 0 saturated carbocycles. The molecular formula is C15H13Cl2FN2O. The van der Waals surface area contributed by atoms with Crippen LogP contribution in [0.3, 0.4) is 0 Å². The number of hydrogen-bond donors (Lipinski definition) is 2. The van der Waals surface area contributed by atoms with Crippen LogP contribution in [0.5, 0.6) is 0 Å². The van der Waals surface area contributed by atoms with Crippen molar-refractivity contribution >= 4 is 34.8 Å². The van der Waals surface area contributed by atoms with E-state index in [4.69, 9.17) is 28.9 Å². The average molecular weight is 327 g/mol. The molecule has 0 aliphatic carbocycles. The number of rotatable bonds is 4. The fourth-order valence-electron chi connectivity index (χ4n) is 1.92. The predicted molar refractivity (Wildman–Crippen MR) is 83.4 cm³/mol. The SMILES string of the molecule is CC(Nc1ccc(C(N)=O)c(Cl)c1)c1ccc(Cl)c(F)c1. The fraction of sp³-hybridized carbons (Fsp3) is 0.133. The molecule has 1 atom stereocenters. The largest absolute Gasteiger partial charge is 0.378 e. The van der Waals surface area contributed by atoms with Gasteiger partial charge < -0.3 is 11.1 Å². The number of nitrogens with two attached hydrogens (primary N) is 1. The van der Waals surface area contributed by atoms with Crippen molar-refractivity contribution < 1.29 is 9.18 Å². The number of benzene rings is 2. The lowest BCUT2D eigenvalue weighted by Crippen LogP contribution is -2.12. The topological polar surface area (TPSA) is 55.1 Å². The van der Waals surface area contributed by atoms with E-state index in [2.05, 4.69) is 5.32 Å². The maximum absolute atomic E-state index is 13.5. The molecule has 1 amide bonds. The van der Waals surface area contributed by atoms with Crippen molar-refractivity contribution in [1.29, 1.82) is 0 Å². The van der Waals surface area contributed by atoms with Gasteiger partial charge >= 0.3 is 0 Å². The summed E-state index contributed by atoms with van der Waals surface area (Å²) in [7, 11) is 0. The summed E-state index contributed by atoms with van der Waals surface area (Å²) in [6, 6.07) is 9.30. The molecule has 0 aromatic heterocycles. The van der Waals surface area contributed by atoms with Gasteiger partial charge in [-0.1, -0.05) is 29.3 Å². The van der Waals surface area contributed by atoms with Crippen molar-refractivity contribution in [2.45, 2.75) is 13.0 Å². The lowest BCUT2D eigenvalue weighted by molar-refractivity contribution is 0.100. The first-order chi connectivity index (χ1) is 9.88. The van der Waals surface area contributed by atoms with Crippen LogP contribution in [0, 0.1) is 5.82 Å². The van der Waals surface area contributed by atoms with Crippen LogP contribution >= 0.6 is 23.2 Å². The number of anilines is 1. The van der Waals surface area contributed by atoms with Gasteiger partial charge in [0.15, 0.2) is 0 Å². The van der Waals surface area contributed by atoms with E-state index in [1.54, 1.807) is 24.3 Å². The van der Waals surface area contributed by atoms with Gasteiger partial charge in [0, 0.05) is 11.7 Å². The van der Waals surface area contributed by atoms with Crippen LogP contribution in [-0.4, -0.2) is 5.91 Å². The minimum atomic E-state index is -0.584. The molecule has 0 radical (unpaired) electrons. The summed E-state index contributed by atoms with van der Waals surface area (Å²) >= 11 is 11.6. The molecule has 2 rings (SSSR count). The molecule has 0 saturated heterocycles. The molecule has 21 heavy (non-hydrogen) atoms. The lowest BCUT2D eigenvalue weighted by Gasteiger charge is -2.16. The molecule has 3 N–H and O–H groups in total. The van der Waals surface area contributed by atoms with Gasteiger partial charge in [0.25, 0.3) is 0 Å². The predicted octanol–water partition coefficient (Wildman–Crippen LogP) is 4.40. The van der Waals surface area contributed by atoms with Crippen molar-refractivity contribution in [3.63, 3.8) is 0 Å². The summed E-state index contributed by atoms with van der Waals surface area (Å²) in [6.07, 6.45) is 0. The molecule has 0 aliphatic heterocycles. The third-order valence-corrected chi connectivity index (χ3v) is 3.68. The summed E-state index contributed by atoms with van der Waals surface area (Å²) < 4.78 is 13.5. The van der Waals surface area contributed by atoms with Crippen molar-refractivity contribution in [3.8, 4) is 0 Å². The molecule has 2 aromatic rings. The summed E-state index contributed by atoms with van der Waals surface area (Å²) in [4.78, 5) is 11.1. The molecule has 1 unspecified atom stereocenters. The van der Waals surface area contributed by atoms with Crippen molar-refractivity contribution in [2.24, 2.45) is 5.73 Å². The molecule has 0 fully saturated rings. The van der Waals surface area contributed by atoms with Crippen molar-refractivity contribution in [2.75, 3.05) is 5.32 Å². The Morgan fingerprint density at radius 3 is 2.48 bits per heavy atom. The Hall–Kier alpha value is -1.78. The summed E-state index contributed by atoms with van der Waals surface area (Å²) in [6.45, 7) is 1.87. The van der Waals surface area contributed by atoms with Crippen LogP contribution in [0.4, 0.5) is 10.1 Å². The second-order valence-electron chi connectivity index (χ2n) is 4.60. The van der Waals surface area contributed by atoms with E-state index in [-0.39, 0.29) is 21.7 Å². The molecular weight excluding hydrogens is 314 g/mol. The maximum atomic E-state index is 13.5. The minimum absolute atomic E-state index is 0.0832. The number of carbonyl (C=O) groups excluding carboxylic acids is 1. The number of nitrogens with one attached hydrogen (secondary N) is 1. The number of primary amides is 1. The maximum Gasteiger partial charge on any atom is 0.250 e. The van der Waals surface area contributed by atoms with Crippen LogP contribution < -0.4 is 11.1 Å². The Bertz CT molecular complexity index is 691. The zero-order chi connectivity index (χ0) is 15.6. The summed E-state index contributed by atoms with van der Waals surface area (Å²) in [5.41, 5.74) is 6.89. The van der Waals surface area contributed by atoms with Gasteiger partial charge in [-0.25, -0.2) is 4.39 Å². The Morgan fingerprint density at radius 1 is 1.19 bits per heavy atom. The molecule has 110 valence electrons. The molecule has 3 nitrogen and oxygen atoms in total. The summed E-state index contributed by atoms with van der Waals surface area (Å²) in [5, 5.41) is 3.51. The van der Waals surface area contributed by atoms with Crippen molar-refractivity contribution in [1.82, 2.24) is 0 Å². The monoisotopic (exact) mass is 326 g/mol. The quantitative estimate of drug-likeness (QED) is 0.874. The highest BCUT2D eigenvalue weighted by Gasteiger charge is 2.11. The first kappa shape index (κ1) is 15.6. The highest BCUT2D eigenvalue weighted by atomic mass is 35.5. The van der Waals surface area contributed by atoms with E-state index >= 15 is 0 Å². The third kappa shape index (κ3) is 3.65. The Morgan fingerprint density at radius 2 is 1.90 bits per heavy atom. The number of hydrogen-bond acceptors (Lipinski definition) is 2. The smallest absolute Gasteiger partial charge is 0.250 e. The van der Waals surface area contributed by atoms with Crippen LogP contribution in [0.25, 0.3) is 0 Å². The van der Waals surface area contributed by atoms with E-state index in [1.807, 2.05) is 6.92 Å². The van der Waals surface area contributed by atoms with Crippen LogP contribution in [0.1, 0.15) is 28.9 Å². The second-order valence-corrected chi connectivity index (χ2v) is 5.41. The zero-order valence-corrected chi connectivity index (χ0v) is 12.7. The molecule has 0 bridgehead atoms. The average Bonchev–Trinajstić information content (AvgIpc) is 2.41. The van der Waals surface area contributed by atoms with Crippen LogP contribution in [0.2, 0.25) is 10.0 Å². The third-order valence-electron chi connectivity index (χ3n) is 3.06. The van der Waals surface area contributed by atoms with Gasteiger partial charge in [0.1, 0.15) is 5.82 Å². The van der Waals surface area contributed by atoms with Gasteiger partial charge in [-0.15, -0.1) is 0 Å². The Kier molecular flexibility index (Phi) is 4.70. The van der Waals surface area contributed by atoms with E-state index in [9.17, 15) is 9.18 Å². The Labute approximate surface area is 131 Å². The van der Waals surface area contributed by atoms with Gasteiger partial charge in [-0.05, 0) is 42.8 Å². The van der Waals surface area contributed by atoms with E-state index in [1.165, 1.54) is 12.1 Å². The number of amides is 1. The molecule has 0 spiro atoms. The molecule has 6 heteroatoms. The standard InChI is InChI=1S/C15H13Cl2FN2O/c1-8(9-2-5-12(16)14(18)6-9)20-10-3-4-11(15(19)21)13(17)7-10/h2-8,20H,1H3,(H2,19,21). The van der Waals surface area contributed by atoms with E-state index in [0.29, 0.717) is 5.69 Å². The van der Waals surface area contributed by atoms with E-state index < -0.39 is 11.7 Å². The van der Waals surface area contributed by atoms with Gasteiger partial charge in [0.2, 0.25) is 5.91 Å². The fourth-order valence-corrected chi connectivity index (χ4v) is 2.31.